The van der Waals surface area contributed by atoms with Gasteiger partial charge in [0.25, 0.3) is 15.9 Å². The third kappa shape index (κ3) is 4.46. The number of sulfonamides is 1. The maximum absolute atomic E-state index is 13.1. The Labute approximate surface area is 176 Å². The van der Waals surface area contributed by atoms with Crippen LogP contribution in [0.1, 0.15) is 42.4 Å². The highest BCUT2D eigenvalue weighted by Gasteiger charge is 2.24. The second kappa shape index (κ2) is 8.55. The molecule has 2 aromatic carbocycles. The van der Waals surface area contributed by atoms with Crippen molar-refractivity contribution < 1.29 is 13.2 Å². The molecular formula is C22H26N2O3S2. The monoisotopic (exact) mass is 430 g/mol. The summed E-state index contributed by atoms with van der Waals surface area (Å²) < 4.78 is 28.6. The highest BCUT2D eigenvalue weighted by atomic mass is 32.2. The number of hydrogen-bond donors (Lipinski definition) is 1. The number of nitrogens with one attached hydrogen (secondary N) is 1. The van der Waals surface area contributed by atoms with Gasteiger partial charge in [0, 0.05) is 17.3 Å². The summed E-state index contributed by atoms with van der Waals surface area (Å²) in [6.45, 7) is 8.05. The molecule has 29 heavy (non-hydrogen) atoms. The first-order valence-electron chi connectivity index (χ1n) is 9.70. The number of carbonyl (C=O) groups is 1. The summed E-state index contributed by atoms with van der Waals surface area (Å²) >= 11 is 1.41. The Balaban J connectivity index is 1.95. The van der Waals surface area contributed by atoms with Crippen LogP contribution in [0.15, 0.2) is 53.4 Å². The van der Waals surface area contributed by atoms with Gasteiger partial charge in [0.05, 0.1) is 15.5 Å². The zero-order valence-corrected chi connectivity index (χ0v) is 18.7. The second-order valence-corrected chi connectivity index (χ2v) is 10.0. The number of carbonyl (C=O) groups excluding carboxylic acids is 1. The number of thiophene rings is 1. The molecule has 3 aromatic rings. The summed E-state index contributed by atoms with van der Waals surface area (Å²) in [6.07, 6.45) is 0.864. The van der Waals surface area contributed by atoms with Crippen molar-refractivity contribution >= 4 is 43.0 Å². The first-order valence-corrected chi connectivity index (χ1v) is 12.0. The van der Waals surface area contributed by atoms with Crippen molar-refractivity contribution in [2.45, 2.75) is 45.1 Å². The lowest BCUT2D eigenvalue weighted by Gasteiger charge is -2.23. The van der Waals surface area contributed by atoms with Crippen LogP contribution in [0.25, 0.3) is 10.1 Å². The fraction of sp³-hybridized carbons (Fsp3) is 0.318. The zero-order chi connectivity index (χ0) is 21.2. The number of rotatable bonds is 7. The average molecular weight is 431 g/mol. The lowest BCUT2D eigenvalue weighted by molar-refractivity contribution is 0.0943. The molecule has 1 heterocycles. The molecule has 0 unspecified atom stereocenters. The van der Waals surface area contributed by atoms with Crippen LogP contribution < -0.4 is 9.62 Å². The Bertz CT molecular complexity index is 1120. The number of hydrogen-bond acceptors (Lipinski definition) is 4. The molecule has 1 aromatic heterocycles. The van der Waals surface area contributed by atoms with E-state index in [1.165, 1.54) is 15.6 Å². The molecule has 0 bridgehead atoms. The van der Waals surface area contributed by atoms with Crippen LogP contribution in [-0.4, -0.2) is 26.9 Å². The Morgan fingerprint density at radius 3 is 2.41 bits per heavy atom. The van der Waals surface area contributed by atoms with Crippen molar-refractivity contribution in [3.63, 3.8) is 0 Å². The molecule has 0 aliphatic carbocycles. The van der Waals surface area contributed by atoms with E-state index in [0.29, 0.717) is 17.1 Å². The standard InChI is InChI=1S/C22H26N2O3S2/c1-5-16(4)23-22(25)21-14-17-13-18(9-12-20(17)28-21)24(6-2)29(26,27)19-10-7-15(3)8-11-19/h7-14,16H,5-6H2,1-4H3,(H,23,25)/t16-/m1/s1. The van der Waals surface area contributed by atoms with Crippen LogP contribution in [-0.2, 0) is 10.0 Å². The van der Waals surface area contributed by atoms with E-state index in [-0.39, 0.29) is 16.8 Å². The van der Waals surface area contributed by atoms with Crippen LogP contribution in [0.4, 0.5) is 5.69 Å². The topological polar surface area (TPSA) is 66.5 Å². The van der Waals surface area contributed by atoms with Crippen molar-refractivity contribution in [1.29, 1.82) is 0 Å². The van der Waals surface area contributed by atoms with Gasteiger partial charge in [-0.2, -0.15) is 0 Å². The van der Waals surface area contributed by atoms with E-state index in [4.69, 9.17) is 0 Å². The van der Waals surface area contributed by atoms with Crippen molar-refractivity contribution in [2.75, 3.05) is 10.8 Å². The van der Waals surface area contributed by atoms with Gasteiger partial charge in [-0.1, -0.05) is 24.6 Å². The van der Waals surface area contributed by atoms with Crippen LogP contribution in [0.5, 0.6) is 0 Å². The van der Waals surface area contributed by atoms with Gasteiger partial charge in [0.2, 0.25) is 0 Å². The predicted octanol–water partition coefficient (Wildman–Crippen LogP) is 4.95. The van der Waals surface area contributed by atoms with E-state index in [1.54, 1.807) is 30.3 Å². The molecule has 154 valence electrons. The minimum Gasteiger partial charge on any atom is -0.349 e. The molecule has 0 saturated carbocycles. The largest absolute Gasteiger partial charge is 0.349 e. The van der Waals surface area contributed by atoms with Gasteiger partial charge < -0.3 is 5.32 Å². The molecule has 1 N–H and O–H groups in total. The third-order valence-electron chi connectivity index (χ3n) is 4.90. The maximum Gasteiger partial charge on any atom is 0.264 e. The smallest absolute Gasteiger partial charge is 0.264 e. The van der Waals surface area contributed by atoms with E-state index in [0.717, 1.165) is 22.1 Å². The third-order valence-corrected chi connectivity index (χ3v) is 7.93. The van der Waals surface area contributed by atoms with Gasteiger partial charge in [-0.05, 0) is 69.0 Å². The number of aryl methyl sites for hydroxylation is 1. The van der Waals surface area contributed by atoms with E-state index in [9.17, 15) is 13.2 Å². The lowest BCUT2D eigenvalue weighted by Crippen LogP contribution is -2.31. The summed E-state index contributed by atoms with van der Waals surface area (Å²) in [5, 5.41) is 3.83. The molecule has 7 heteroatoms. The fourth-order valence-corrected chi connectivity index (χ4v) is 5.44. The molecular weight excluding hydrogens is 404 g/mol. The van der Waals surface area contributed by atoms with Crippen molar-refractivity contribution in [3.05, 3.63) is 59.0 Å². The maximum atomic E-state index is 13.1. The second-order valence-electron chi connectivity index (χ2n) is 7.10. The van der Waals surface area contributed by atoms with E-state index in [1.807, 2.05) is 45.9 Å². The molecule has 0 aliphatic heterocycles. The van der Waals surface area contributed by atoms with Crippen molar-refractivity contribution in [1.82, 2.24) is 5.32 Å². The molecule has 0 radical (unpaired) electrons. The Kier molecular flexibility index (Phi) is 6.29. The zero-order valence-electron chi connectivity index (χ0n) is 17.1. The number of benzene rings is 2. The summed E-state index contributed by atoms with van der Waals surface area (Å²) in [7, 11) is -3.66. The van der Waals surface area contributed by atoms with Crippen LogP contribution in [0.2, 0.25) is 0 Å². The molecule has 1 atom stereocenters. The van der Waals surface area contributed by atoms with Gasteiger partial charge in [0.15, 0.2) is 0 Å². The van der Waals surface area contributed by atoms with E-state index >= 15 is 0 Å². The fourth-order valence-electron chi connectivity index (χ4n) is 3.02. The minimum atomic E-state index is -3.66. The summed E-state index contributed by atoms with van der Waals surface area (Å²) in [5.74, 6) is -0.0956. The van der Waals surface area contributed by atoms with Gasteiger partial charge >= 0.3 is 0 Å². The SMILES string of the molecule is CC[C@@H](C)NC(=O)c1cc2cc(N(CC)S(=O)(=O)c3ccc(C)cc3)ccc2s1. The van der Waals surface area contributed by atoms with Crippen LogP contribution >= 0.6 is 11.3 Å². The first kappa shape index (κ1) is 21.3. The molecule has 5 nitrogen and oxygen atoms in total. The number of fused-ring (bicyclic) bond motifs is 1. The Morgan fingerprint density at radius 2 is 1.79 bits per heavy atom. The van der Waals surface area contributed by atoms with Crippen molar-refractivity contribution in [3.8, 4) is 0 Å². The number of amides is 1. The van der Waals surface area contributed by atoms with Gasteiger partial charge in [-0.3, -0.25) is 9.10 Å². The average Bonchev–Trinajstić information content (AvgIpc) is 3.12. The molecule has 0 aliphatic rings. The Morgan fingerprint density at radius 1 is 1.10 bits per heavy atom. The molecule has 0 fully saturated rings. The molecule has 1 amide bonds. The van der Waals surface area contributed by atoms with E-state index in [2.05, 4.69) is 5.32 Å². The van der Waals surface area contributed by atoms with Gasteiger partial charge in [-0.15, -0.1) is 11.3 Å². The minimum absolute atomic E-state index is 0.0956. The summed E-state index contributed by atoms with van der Waals surface area (Å²) in [6, 6.07) is 14.3. The molecule has 0 spiro atoms. The van der Waals surface area contributed by atoms with Gasteiger partial charge in [-0.25, -0.2) is 8.42 Å². The van der Waals surface area contributed by atoms with Crippen LogP contribution in [0, 0.1) is 6.92 Å². The lowest BCUT2D eigenvalue weighted by atomic mass is 10.2. The number of anilines is 1. The molecule has 0 saturated heterocycles. The highest BCUT2D eigenvalue weighted by Crippen LogP contribution is 2.32. The summed E-state index contributed by atoms with van der Waals surface area (Å²) in [5.41, 5.74) is 1.60. The molecule has 3 rings (SSSR count). The highest BCUT2D eigenvalue weighted by molar-refractivity contribution is 7.92. The quantitative estimate of drug-likeness (QED) is 0.576. The normalized spacial score (nSPS) is 12.7. The van der Waals surface area contributed by atoms with E-state index < -0.39 is 10.0 Å². The Hall–Kier alpha value is -2.38. The predicted molar refractivity (Wildman–Crippen MR) is 120 cm³/mol. The first-order chi connectivity index (χ1) is 13.8. The number of nitrogens with zero attached hydrogens (tertiary/aromatic N) is 1. The van der Waals surface area contributed by atoms with Crippen molar-refractivity contribution in [2.24, 2.45) is 0 Å². The van der Waals surface area contributed by atoms with Gasteiger partial charge in [0.1, 0.15) is 0 Å². The van der Waals surface area contributed by atoms with Crippen LogP contribution in [0.3, 0.4) is 0 Å². The summed E-state index contributed by atoms with van der Waals surface area (Å²) in [4.78, 5) is 13.3.